The normalized spacial score (nSPS) is 20.2. The van der Waals surface area contributed by atoms with E-state index in [4.69, 9.17) is 4.74 Å². The zero-order valence-corrected chi connectivity index (χ0v) is 20.6. The summed E-state index contributed by atoms with van der Waals surface area (Å²) < 4.78 is 5.61. The summed E-state index contributed by atoms with van der Waals surface area (Å²) in [7, 11) is 0. The van der Waals surface area contributed by atoms with E-state index in [0.717, 1.165) is 11.1 Å². The van der Waals surface area contributed by atoms with Gasteiger partial charge < -0.3 is 20.1 Å². The van der Waals surface area contributed by atoms with Crippen molar-refractivity contribution in [1.29, 1.82) is 0 Å². The van der Waals surface area contributed by atoms with Crippen LogP contribution in [0.25, 0.3) is 11.1 Å². The minimum atomic E-state index is -0.804. The largest absolute Gasteiger partial charge is 0.481 e. The van der Waals surface area contributed by atoms with E-state index in [1.165, 1.54) is 11.1 Å². The standard InChI is InChI=1S/C28H34N2O5/c1-17(2)24(26(31)30-13-12-19(27(32)33)18(3)15-30)14-29-28(34)35-16-25-22-10-6-4-8-20(22)21-9-5-7-11-23(21)25/h4-11,17-19,24-25H,12-16H2,1-3H3,(H,29,34)(H,32,33). The van der Waals surface area contributed by atoms with Crippen molar-refractivity contribution in [3.8, 4) is 11.1 Å². The second-order valence-electron chi connectivity index (χ2n) is 10.1. The quantitative estimate of drug-likeness (QED) is 0.616. The molecule has 3 atom stereocenters. The van der Waals surface area contributed by atoms with Crippen LogP contribution in [0, 0.1) is 23.7 Å². The summed E-state index contributed by atoms with van der Waals surface area (Å²) >= 11 is 0. The van der Waals surface area contributed by atoms with Crippen molar-refractivity contribution < 1.29 is 24.2 Å². The number of rotatable bonds is 7. The van der Waals surface area contributed by atoms with Gasteiger partial charge in [-0.05, 0) is 40.5 Å². The predicted octanol–water partition coefficient (Wildman–Crippen LogP) is 4.37. The molecule has 35 heavy (non-hydrogen) atoms. The van der Waals surface area contributed by atoms with Crippen LogP contribution < -0.4 is 5.32 Å². The van der Waals surface area contributed by atoms with Crippen molar-refractivity contribution in [3.05, 3.63) is 59.7 Å². The first kappa shape index (κ1) is 24.8. The Kier molecular flexibility index (Phi) is 7.43. The number of amides is 2. The summed E-state index contributed by atoms with van der Waals surface area (Å²) in [6.45, 7) is 7.03. The Morgan fingerprint density at radius 3 is 2.20 bits per heavy atom. The number of aliphatic carboxylic acids is 1. The number of nitrogens with zero attached hydrogens (tertiary/aromatic N) is 1. The van der Waals surface area contributed by atoms with Gasteiger partial charge in [-0.25, -0.2) is 4.79 Å². The fourth-order valence-corrected chi connectivity index (χ4v) is 5.40. The molecule has 0 aromatic heterocycles. The zero-order valence-electron chi connectivity index (χ0n) is 20.6. The van der Waals surface area contributed by atoms with Crippen molar-refractivity contribution >= 4 is 18.0 Å². The van der Waals surface area contributed by atoms with E-state index in [1.54, 1.807) is 4.90 Å². The van der Waals surface area contributed by atoms with Gasteiger partial charge in [0.2, 0.25) is 5.91 Å². The Labute approximate surface area is 206 Å². The molecule has 186 valence electrons. The van der Waals surface area contributed by atoms with Crippen LogP contribution in [0.3, 0.4) is 0 Å². The lowest BCUT2D eigenvalue weighted by Gasteiger charge is -2.37. The summed E-state index contributed by atoms with van der Waals surface area (Å²) in [4.78, 5) is 38.9. The molecule has 7 heteroatoms. The number of alkyl carbamates (subject to hydrolysis) is 1. The van der Waals surface area contributed by atoms with Crippen molar-refractivity contribution in [2.24, 2.45) is 23.7 Å². The van der Waals surface area contributed by atoms with Crippen molar-refractivity contribution in [2.75, 3.05) is 26.2 Å². The Morgan fingerprint density at radius 2 is 1.66 bits per heavy atom. The van der Waals surface area contributed by atoms with E-state index in [0.29, 0.717) is 19.5 Å². The van der Waals surface area contributed by atoms with Crippen molar-refractivity contribution in [3.63, 3.8) is 0 Å². The van der Waals surface area contributed by atoms with Gasteiger partial charge in [0.15, 0.2) is 0 Å². The Bertz CT molecular complexity index is 1050. The van der Waals surface area contributed by atoms with Crippen LogP contribution in [0.1, 0.15) is 44.2 Å². The van der Waals surface area contributed by atoms with Gasteiger partial charge in [0.05, 0.1) is 11.8 Å². The minimum absolute atomic E-state index is 0.0175. The number of nitrogens with one attached hydrogen (secondary N) is 1. The van der Waals surface area contributed by atoms with E-state index < -0.39 is 23.9 Å². The molecular formula is C28H34N2O5. The average Bonchev–Trinajstić information content (AvgIpc) is 3.16. The summed E-state index contributed by atoms with van der Waals surface area (Å²) in [5.41, 5.74) is 4.64. The molecule has 0 saturated carbocycles. The lowest BCUT2D eigenvalue weighted by Crippen LogP contribution is -2.50. The van der Waals surface area contributed by atoms with Gasteiger partial charge in [-0.1, -0.05) is 69.3 Å². The van der Waals surface area contributed by atoms with Gasteiger partial charge in [0, 0.05) is 25.6 Å². The Morgan fingerprint density at radius 1 is 1.06 bits per heavy atom. The van der Waals surface area contributed by atoms with Crippen LogP contribution in [0.15, 0.2) is 48.5 Å². The topological polar surface area (TPSA) is 95.9 Å². The van der Waals surface area contributed by atoms with Gasteiger partial charge in [0.25, 0.3) is 0 Å². The number of ether oxygens (including phenoxy) is 1. The van der Waals surface area contributed by atoms with Gasteiger partial charge in [-0.3, -0.25) is 9.59 Å². The monoisotopic (exact) mass is 478 g/mol. The smallest absolute Gasteiger partial charge is 0.407 e. The van der Waals surface area contributed by atoms with Crippen LogP contribution in [0.4, 0.5) is 4.79 Å². The third-order valence-electron chi connectivity index (χ3n) is 7.47. The van der Waals surface area contributed by atoms with Crippen molar-refractivity contribution in [1.82, 2.24) is 10.2 Å². The molecule has 2 aromatic rings. The highest BCUT2D eigenvalue weighted by atomic mass is 16.5. The van der Waals surface area contributed by atoms with Crippen LogP contribution in [-0.4, -0.2) is 54.2 Å². The number of carbonyl (C=O) groups is 3. The fraction of sp³-hybridized carbons (Fsp3) is 0.464. The van der Waals surface area contributed by atoms with Gasteiger partial charge in [-0.15, -0.1) is 0 Å². The number of likely N-dealkylation sites (tertiary alicyclic amines) is 1. The van der Waals surface area contributed by atoms with Crippen LogP contribution in [0.5, 0.6) is 0 Å². The molecule has 0 radical (unpaired) electrons. The predicted molar refractivity (Wildman–Crippen MR) is 133 cm³/mol. The molecule has 1 aliphatic heterocycles. The molecule has 1 fully saturated rings. The summed E-state index contributed by atoms with van der Waals surface area (Å²) in [6.07, 6.45) is -0.0874. The third kappa shape index (κ3) is 5.19. The second-order valence-corrected chi connectivity index (χ2v) is 10.1. The third-order valence-corrected chi connectivity index (χ3v) is 7.47. The molecule has 2 amide bonds. The highest BCUT2D eigenvalue weighted by molar-refractivity contribution is 5.81. The molecule has 2 aliphatic rings. The van der Waals surface area contributed by atoms with Crippen LogP contribution >= 0.6 is 0 Å². The second kappa shape index (κ2) is 10.5. The highest BCUT2D eigenvalue weighted by Gasteiger charge is 2.36. The number of fused-ring (bicyclic) bond motifs is 3. The summed E-state index contributed by atoms with van der Waals surface area (Å²) in [6, 6.07) is 16.3. The van der Waals surface area contributed by atoms with E-state index in [2.05, 4.69) is 29.6 Å². The number of benzene rings is 2. The molecule has 0 bridgehead atoms. The van der Waals surface area contributed by atoms with Crippen LogP contribution in [-0.2, 0) is 14.3 Å². The summed E-state index contributed by atoms with van der Waals surface area (Å²) in [5.74, 6) is -1.78. The average molecular weight is 479 g/mol. The first-order valence-corrected chi connectivity index (χ1v) is 12.4. The van der Waals surface area contributed by atoms with E-state index in [-0.39, 0.29) is 36.8 Å². The van der Waals surface area contributed by atoms with E-state index >= 15 is 0 Å². The maximum atomic E-state index is 13.2. The SMILES string of the molecule is CC(C)C(CNC(=O)OCC1c2ccccc2-c2ccccc21)C(=O)N1CCC(C(=O)O)C(C)C1. The molecule has 7 nitrogen and oxygen atoms in total. The number of carboxylic acid groups (broad SMARTS) is 1. The number of carboxylic acids is 1. The molecular weight excluding hydrogens is 444 g/mol. The van der Waals surface area contributed by atoms with Crippen LogP contribution in [0.2, 0.25) is 0 Å². The fourth-order valence-electron chi connectivity index (χ4n) is 5.40. The Balaban J connectivity index is 1.34. The maximum Gasteiger partial charge on any atom is 0.407 e. The molecule has 1 saturated heterocycles. The number of carbonyl (C=O) groups excluding carboxylic acids is 2. The molecule has 1 aliphatic carbocycles. The first-order valence-electron chi connectivity index (χ1n) is 12.4. The first-order chi connectivity index (χ1) is 16.8. The molecule has 1 heterocycles. The van der Waals surface area contributed by atoms with Crippen molar-refractivity contribution in [2.45, 2.75) is 33.1 Å². The van der Waals surface area contributed by atoms with Gasteiger partial charge in [0.1, 0.15) is 6.61 Å². The molecule has 3 unspecified atom stereocenters. The molecule has 2 N–H and O–H groups in total. The lowest BCUT2D eigenvalue weighted by atomic mass is 9.85. The lowest BCUT2D eigenvalue weighted by molar-refractivity contribution is -0.150. The molecule has 0 spiro atoms. The zero-order chi connectivity index (χ0) is 25.1. The summed E-state index contributed by atoms with van der Waals surface area (Å²) in [5, 5.41) is 12.1. The highest BCUT2D eigenvalue weighted by Crippen LogP contribution is 2.44. The number of piperidine rings is 1. The molecule has 4 rings (SSSR count). The number of hydrogen-bond acceptors (Lipinski definition) is 4. The minimum Gasteiger partial charge on any atom is -0.481 e. The van der Waals surface area contributed by atoms with Gasteiger partial charge >= 0.3 is 12.1 Å². The number of hydrogen-bond donors (Lipinski definition) is 2. The maximum absolute atomic E-state index is 13.2. The van der Waals surface area contributed by atoms with E-state index in [1.807, 2.05) is 45.0 Å². The van der Waals surface area contributed by atoms with Gasteiger partial charge in [-0.2, -0.15) is 0 Å². The Hall–Kier alpha value is -3.35. The molecule has 2 aromatic carbocycles. The van der Waals surface area contributed by atoms with E-state index in [9.17, 15) is 19.5 Å².